The number of rotatable bonds is 4. The Labute approximate surface area is 179 Å². The highest BCUT2D eigenvalue weighted by Crippen LogP contribution is 2.72. The zero-order valence-electron chi connectivity index (χ0n) is 18.8. The average molecular weight is 421 g/mol. The van der Waals surface area contributed by atoms with Gasteiger partial charge in [-0.3, -0.25) is 14.4 Å². The summed E-state index contributed by atoms with van der Waals surface area (Å²) in [6.07, 6.45) is 6.90. The number of hydrogen-bond acceptors (Lipinski definition) is 6. The minimum atomic E-state index is -0.935. The molecule has 0 heterocycles. The Bertz CT molecular complexity index is 763. The number of Topliss-reactive ketones (excluding diaryl/α,β-unsaturated/α-hetero) is 1. The fourth-order valence-corrected chi connectivity index (χ4v) is 8.30. The van der Waals surface area contributed by atoms with Crippen LogP contribution in [0.2, 0.25) is 0 Å². The zero-order chi connectivity index (χ0) is 21.9. The zero-order valence-corrected chi connectivity index (χ0v) is 18.8. The smallest absolute Gasteiger partial charge is 0.302 e. The summed E-state index contributed by atoms with van der Waals surface area (Å²) in [6, 6.07) is 0. The van der Waals surface area contributed by atoms with E-state index in [1.807, 2.05) is 6.92 Å². The molecular formula is C24H36O6. The van der Waals surface area contributed by atoms with Crippen LogP contribution in [0.1, 0.15) is 79.1 Å². The summed E-state index contributed by atoms with van der Waals surface area (Å²) in [5, 5.41) is 11.4. The SMILES string of the molecule is CC(=O)OC[C@@]1(O)C[C@@]23CC[C@@H]4[C@](C)(CCC(=O)[C@]4(C)COC(C)=O)[C@H]2CC[C@@H]1C3. The molecule has 1 spiro atoms. The van der Waals surface area contributed by atoms with Gasteiger partial charge in [0.25, 0.3) is 0 Å². The molecule has 0 aliphatic heterocycles. The number of ether oxygens (including phenoxy) is 2. The number of carbonyl (C=O) groups is 3. The number of esters is 2. The van der Waals surface area contributed by atoms with Crippen molar-refractivity contribution in [1.29, 1.82) is 0 Å². The van der Waals surface area contributed by atoms with Crippen molar-refractivity contribution in [1.82, 2.24) is 0 Å². The molecule has 168 valence electrons. The molecule has 6 heteroatoms. The van der Waals surface area contributed by atoms with Gasteiger partial charge in [0.2, 0.25) is 0 Å². The highest BCUT2D eigenvalue weighted by Gasteiger charge is 2.68. The summed E-state index contributed by atoms with van der Waals surface area (Å²) in [6.45, 7) is 7.38. The summed E-state index contributed by atoms with van der Waals surface area (Å²) in [7, 11) is 0. The standard InChI is InChI=1S/C24H36O6/c1-15(25)29-13-22(4)18-7-10-23-11-17(24(28,12-23)14-30-16(2)26)5-6-19(23)21(18,3)9-8-20(22)27/h17-19,28H,5-14H2,1-4H3/t17-,18-,19-,21+,22-,23+,24+/m1/s1. The van der Waals surface area contributed by atoms with E-state index in [-0.39, 0.29) is 53.6 Å². The van der Waals surface area contributed by atoms with Gasteiger partial charge in [0.1, 0.15) is 24.6 Å². The summed E-state index contributed by atoms with van der Waals surface area (Å²) < 4.78 is 10.6. The maximum absolute atomic E-state index is 13.0. The van der Waals surface area contributed by atoms with Crippen molar-refractivity contribution in [2.75, 3.05) is 13.2 Å². The lowest BCUT2D eigenvalue weighted by Gasteiger charge is -2.63. The van der Waals surface area contributed by atoms with Crippen molar-refractivity contribution in [2.24, 2.45) is 34.0 Å². The molecule has 4 aliphatic carbocycles. The molecule has 0 aromatic carbocycles. The minimum absolute atomic E-state index is 0.0152. The lowest BCUT2D eigenvalue weighted by Crippen LogP contribution is -2.60. The first-order valence-corrected chi connectivity index (χ1v) is 11.5. The van der Waals surface area contributed by atoms with E-state index >= 15 is 0 Å². The van der Waals surface area contributed by atoms with E-state index in [1.54, 1.807) is 0 Å². The number of aliphatic hydroxyl groups is 1. The van der Waals surface area contributed by atoms with Crippen LogP contribution in [-0.4, -0.2) is 41.6 Å². The van der Waals surface area contributed by atoms with E-state index in [9.17, 15) is 19.5 Å². The molecule has 0 unspecified atom stereocenters. The van der Waals surface area contributed by atoms with Gasteiger partial charge < -0.3 is 14.6 Å². The van der Waals surface area contributed by atoms with Crippen molar-refractivity contribution in [3.05, 3.63) is 0 Å². The molecule has 6 nitrogen and oxygen atoms in total. The Morgan fingerprint density at radius 1 is 1.00 bits per heavy atom. The van der Waals surface area contributed by atoms with Crippen molar-refractivity contribution in [3.8, 4) is 0 Å². The second kappa shape index (κ2) is 7.04. The van der Waals surface area contributed by atoms with Crippen LogP contribution >= 0.6 is 0 Å². The van der Waals surface area contributed by atoms with Gasteiger partial charge in [-0.05, 0) is 80.5 Å². The van der Waals surface area contributed by atoms with Crippen LogP contribution in [0.5, 0.6) is 0 Å². The predicted molar refractivity (Wildman–Crippen MR) is 109 cm³/mol. The Kier molecular flexibility index (Phi) is 5.12. The molecule has 0 radical (unpaired) electrons. The summed E-state index contributed by atoms with van der Waals surface area (Å²) >= 11 is 0. The van der Waals surface area contributed by atoms with E-state index < -0.39 is 11.0 Å². The first kappa shape index (κ1) is 21.8. The molecule has 0 saturated heterocycles. The van der Waals surface area contributed by atoms with Crippen LogP contribution in [-0.2, 0) is 23.9 Å². The minimum Gasteiger partial charge on any atom is -0.465 e. The van der Waals surface area contributed by atoms with Crippen LogP contribution in [0.3, 0.4) is 0 Å². The molecule has 30 heavy (non-hydrogen) atoms. The van der Waals surface area contributed by atoms with Crippen molar-refractivity contribution < 1.29 is 29.0 Å². The number of hydrogen-bond donors (Lipinski definition) is 1. The van der Waals surface area contributed by atoms with E-state index in [4.69, 9.17) is 9.47 Å². The van der Waals surface area contributed by atoms with Gasteiger partial charge in [0, 0.05) is 20.3 Å². The third-order valence-electron chi connectivity index (χ3n) is 9.53. The second-order valence-electron chi connectivity index (χ2n) is 11.2. The Morgan fingerprint density at radius 2 is 1.67 bits per heavy atom. The fraction of sp³-hybridized carbons (Fsp3) is 0.875. The summed E-state index contributed by atoms with van der Waals surface area (Å²) in [5.41, 5.74) is -1.54. The molecule has 2 bridgehead atoms. The van der Waals surface area contributed by atoms with Crippen LogP contribution in [0.15, 0.2) is 0 Å². The highest BCUT2D eigenvalue weighted by molar-refractivity contribution is 5.86. The number of ketones is 1. The molecule has 0 aromatic heterocycles. The van der Waals surface area contributed by atoms with Crippen molar-refractivity contribution in [3.63, 3.8) is 0 Å². The molecule has 7 atom stereocenters. The predicted octanol–water partition coefficient (Wildman–Crippen LogP) is 3.44. The fourth-order valence-electron chi connectivity index (χ4n) is 8.30. The normalized spacial score (nSPS) is 47.2. The number of fused-ring (bicyclic) bond motifs is 3. The molecule has 4 rings (SSSR count). The Hall–Kier alpha value is -1.43. The first-order valence-electron chi connectivity index (χ1n) is 11.5. The maximum atomic E-state index is 13.0. The maximum Gasteiger partial charge on any atom is 0.302 e. The third kappa shape index (κ3) is 3.12. The highest BCUT2D eigenvalue weighted by atomic mass is 16.5. The van der Waals surface area contributed by atoms with E-state index in [2.05, 4.69) is 6.92 Å². The van der Waals surface area contributed by atoms with E-state index in [1.165, 1.54) is 13.8 Å². The molecule has 4 aliphatic rings. The van der Waals surface area contributed by atoms with Gasteiger partial charge in [-0.25, -0.2) is 0 Å². The van der Waals surface area contributed by atoms with Gasteiger partial charge in [-0.15, -0.1) is 0 Å². The lowest BCUT2D eigenvalue weighted by molar-refractivity contribution is -0.180. The lowest BCUT2D eigenvalue weighted by atomic mass is 9.41. The summed E-state index contributed by atoms with van der Waals surface area (Å²) in [4.78, 5) is 35.9. The van der Waals surface area contributed by atoms with Crippen molar-refractivity contribution >= 4 is 17.7 Å². The monoisotopic (exact) mass is 420 g/mol. The van der Waals surface area contributed by atoms with Gasteiger partial charge >= 0.3 is 11.9 Å². The van der Waals surface area contributed by atoms with Gasteiger partial charge in [-0.1, -0.05) is 6.92 Å². The third-order valence-corrected chi connectivity index (χ3v) is 9.53. The second-order valence-corrected chi connectivity index (χ2v) is 11.2. The van der Waals surface area contributed by atoms with Gasteiger partial charge in [0.05, 0.1) is 5.41 Å². The Balaban J connectivity index is 1.62. The van der Waals surface area contributed by atoms with E-state index in [0.717, 1.165) is 38.5 Å². The van der Waals surface area contributed by atoms with Crippen LogP contribution < -0.4 is 0 Å². The molecule has 4 saturated carbocycles. The van der Waals surface area contributed by atoms with Gasteiger partial charge in [-0.2, -0.15) is 0 Å². The molecule has 4 fully saturated rings. The molecule has 1 N–H and O–H groups in total. The first-order chi connectivity index (χ1) is 14.0. The van der Waals surface area contributed by atoms with Crippen LogP contribution in [0.25, 0.3) is 0 Å². The quantitative estimate of drug-likeness (QED) is 0.701. The van der Waals surface area contributed by atoms with Crippen LogP contribution in [0, 0.1) is 34.0 Å². The summed E-state index contributed by atoms with van der Waals surface area (Å²) in [5.74, 6) is 0.313. The largest absolute Gasteiger partial charge is 0.465 e. The van der Waals surface area contributed by atoms with E-state index in [0.29, 0.717) is 18.8 Å². The topological polar surface area (TPSA) is 89.9 Å². The average Bonchev–Trinajstić information content (AvgIpc) is 2.88. The number of carbonyl (C=O) groups excluding carboxylic acids is 3. The van der Waals surface area contributed by atoms with Crippen LogP contribution in [0.4, 0.5) is 0 Å². The molecule has 0 amide bonds. The van der Waals surface area contributed by atoms with Crippen molar-refractivity contribution in [2.45, 2.75) is 84.7 Å². The van der Waals surface area contributed by atoms with Gasteiger partial charge in [0.15, 0.2) is 0 Å². The Morgan fingerprint density at radius 3 is 2.33 bits per heavy atom. The molecular weight excluding hydrogens is 384 g/mol. The molecule has 0 aromatic rings.